The first-order valence-corrected chi connectivity index (χ1v) is 16.0. The van der Waals surface area contributed by atoms with Crippen molar-refractivity contribution in [3.8, 4) is 0 Å². The fourth-order valence-electron chi connectivity index (χ4n) is 7.71. The predicted molar refractivity (Wildman–Crippen MR) is 184 cm³/mol. The Labute approximate surface area is 291 Å². The molecule has 52 heavy (non-hydrogen) atoms. The summed E-state index contributed by atoms with van der Waals surface area (Å²) < 4.78 is 0. The van der Waals surface area contributed by atoms with Crippen LogP contribution in [0.2, 0.25) is 0 Å². The van der Waals surface area contributed by atoms with E-state index in [4.69, 9.17) is 0 Å². The Morgan fingerprint density at radius 2 is 0.462 bits per heavy atom. The summed E-state index contributed by atoms with van der Waals surface area (Å²) in [6, 6.07) is 27.5. The van der Waals surface area contributed by atoms with Crippen molar-refractivity contribution >= 4 is 80.2 Å². The van der Waals surface area contributed by atoms with Crippen molar-refractivity contribution in [1.82, 2.24) is 10.0 Å². The Morgan fingerprint density at radius 1 is 0.250 bits per heavy atom. The third-order valence-electron chi connectivity index (χ3n) is 9.98. The summed E-state index contributed by atoms with van der Waals surface area (Å²) in [7, 11) is 0. The maximum Gasteiger partial charge on any atom is 0.281 e. The molecule has 6 aromatic carbocycles. The van der Waals surface area contributed by atoms with Crippen molar-refractivity contribution in [3.63, 3.8) is 0 Å². The van der Waals surface area contributed by atoms with Crippen LogP contribution < -0.4 is 9.80 Å². The molecule has 4 aliphatic rings. The highest BCUT2D eigenvalue weighted by Crippen LogP contribution is 2.43. The minimum absolute atomic E-state index is 0.0616. The van der Waals surface area contributed by atoms with Gasteiger partial charge in [-0.2, -0.15) is 10.0 Å². The Kier molecular flexibility index (Phi) is 5.63. The van der Waals surface area contributed by atoms with Crippen LogP contribution in [0.3, 0.4) is 0 Å². The van der Waals surface area contributed by atoms with Gasteiger partial charge in [-0.25, -0.2) is 9.80 Å². The van der Waals surface area contributed by atoms with Crippen LogP contribution in [0.15, 0.2) is 109 Å². The van der Waals surface area contributed by atoms with Gasteiger partial charge in [0, 0.05) is 43.8 Å². The molecule has 0 spiro atoms. The molecule has 0 bridgehead atoms. The van der Waals surface area contributed by atoms with Crippen molar-refractivity contribution in [1.29, 1.82) is 0 Å². The third-order valence-corrected chi connectivity index (χ3v) is 9.98. The van der Waals surface area contributed by atoms with Gasteiger partial charge in [0.05, 0.1) is 33.6 Å². The maximum atomic E-state index is 14.2. The lowest BCUT2D eigenvalue weighted by molar-refractivity contribution is 0.00212. The number of carbonyl (C=O) groups excluding carboxylic acids is 8. The van der Waals surface area contributed by atoms with Crippen LogP contribution in [0.25, 0.3) is 21.5 Å². The lowest BCUT2D eigenvalue weighted by Crippen LogP contribution is -2.58. The molecule has 0 radical (unpaired) electrons. The van der Waals surface area contributed by atoms with E-state index in [2.05, 4.69) is 0 Å². The molecule has 4 aliphatic heterocycles. The number of nitrogens with zero attached hydrogens (tertiary/aromatic N) is 4. The van der Waals surface area contributed by atoms with E-state index >= 15 is 0 Å². The van der Waals surface area contributed by atoms with Crippen LogP contribution in [-0.4, -0.2) is 57.3 Å². The Morgan fingerprint density at radius 3 is 0.692 bits per heavy atom. The van der Waals surface area contributed by atoms with Crippen LogP contribution in [0.1, 0.15) is 82.9 Å². The van der Waals surface area contributed by atoms with Gasteiger partial charge in [0.2, 0.25) is 0 Å². The Hall–Kier alpha value is -7.60. The van der Waals surface area contributed by atoms with Gasteiger partial charge in [0.15, 0.2) is 0 Å². The number of hydrazine groups is 1. The van der Waals surface area contributed by atoms with E-state index < -0.39 is 47.3 Å². The van der Waals surface area contributed by atoms with Gasteiger partial charge in [-0.3, -0.25) is 38.4 Å². The van der Waals surface area contributed by atoms with Crippen molar-refractivity contribution in [2.75, 3.05) is 9.80 Å². The number of benzene rings is 6. The first-order chi connectivity index (χ1) is 25.2. The topological polar surface area (TPSA) is 150 Å². The first kappa shape index (κ1) is 29.3. The van der Waals surface area contributed by atoms with Gasteiger partial charge in [-0.1, -0.05) is 36.4 Å². The molecule has 12 nitrogen and oxygen atoms in total. The molecule has 8 amide bonds. The molecular weight excluding hydrogens is 664 g/mol. The molecule has 12 heteroatoms. The highest BCUT2D eigenvalue weighted by Gasteiger charge is 2.48. The van der Waals surface area contributed by atoms with E-state index in [-0.39, 0.29) is 66.1 Å². The summed E-state index contributed by atoms with van der Waals surface area (Å²) in [6.45, 7) is 0. The number of para-hydroxylation sites is 2. The highest BCUT2D eigenvalue weighted by molar-refractivity contribution is 6.41. The van der Waals surface area contributed by atoms with E-state index in [9.17, 15) is 38.4 Å². The van der Waals surface area contributed by atoms with Gasteiger partial charge in [-0.15, -0.1) is 0 Å². The van der Waals surface area contributed by atoms with E-state index in [1.165, 1.54) is 48.5 Å². The van der Waals surface area contributed by atoms with Crippen LogP contribution in [-0.2, 0) is 0 Å². The quantitative estimate of drug-likeness (QED) is 0.225. The largest absolute Gasteiger partial charge is 0.281 e. The van der Waals surface area contributed by atoms with Gasteiger partial charge < -0.3 is 0 Å². The molecular formula is C40H18N4O8. The Bertz CT molecular complexity index is 2480. The number of hydrogen-bond donors (Lipinski definition) is 0. The summed E-state index contributed by atoms with van der Waals surface area (Å²) in [5, 5.41) is 1.29. The number of rotatable bonds is 3. The zero-order valence-corrected chi connectivity index (χ0v) is 26.4. The van der Waals surface area contributed by atoms with Crippen molar-refractivity contribution in [2.45, 2.75) is 0 Å². The first-order valence-electron chi connectivity index (χ1n) is 16.0. The monoisotopic (exact) mass is 682 g/mol. The molecule has 0 unspecified atom stereocenters. The van der Waals surface area contributed by atoms with Crippen LogP contribution in [0, 0.1) is 0 Å². The molecule has 4 heterocycles. The average Bonchev–Trinajstić information content (AvgIpc) is 3.16. The second-order valence-electron chi connectivity index (χ2n) is 12.5. The molecule has 10 rings (SSSR count). The van der Waals surface area contributed by atoms with Crippen molar-refractivity contribution in [3.05, 3.63) is 154 Å². The van der Waals surface area contributed by atoms with Crippen molar-refractivity contribution in [2.24, 2.45) is 0 Å². The zero-order chi connectivity index (χ0) is 35.7. The second-order valence-corrected chi connectivity index (χ2v) is 12.5. The number of amides is 8. The molecule has 246 valence electrons. The lowest BCUT2D eigenvalue weighted by Gasteiger charge is -2.38. The SMILES string of the molecule is O=C1c2ccc3c4c(ccc(c24)C(=O)N1c1ccccc1)C(=O)N(N1C(=O)c2ccc4c5c(ccc(c25)C1=O)C(=O)N(c1ccccc1)C4=O)C3=O. The number of carbonyl (C=O) groups is 8. The minimum Gasteiger partial charge on any atom is -0.268 e. The summed E-state index contributed by atoms with van der Waals surface area (Å²) in [5.41, 5.74) is 0.693. The van der Waals surface area contributed by atoms with E-state index in [1.807, 2.05) is 0 Å². The highest BCUT2D eigenvalue weighted by atomic mass is 16.2. The van der Waals surface area contributed by atoms with Crippen LogP contribution in [0.4, 0.5) is 11.4 Å². The van der Waals surface area contributed by atoms with Gasteiger partial charge in [0.1, 0.15) is 0 Å². The standard InChI is InChI=1S/C40H18N4O8/c45-33-21-11-15-25-31-26(16-12-22(29(21)31)34(46)41(33)19-7-3-1-4-8-19)38(50)43(37(25)49)44-39(51)27-17-13-23-30-24(14-18-28(32(27)30)40(44)52)36(48)42(35(23)47)20-9-5-2-6-10-20/h1-18H. The van der Waals surface area contributed by atoms with E-state index in [0.29, 0.717) is 21.4 Å². The van der Waals surface area contributed by atoms with E-state index in [0.717, 1.165) is 9.80 Å². The molecule has 0 aromatic heterocycles. The van der Waals surface area contributed by atoms with Crippen LogP contribution >= 0.6 is 0 Å². The maximum absolute atomic E-state index is 14.2. The fourth-order valence-corrected chi connectivity index (χ4v) is 7.71. The summed E-state index contributed by atoms with van der Waals surface area (Å²) in [5.74, 6) is -6.66. The van der Waals surface area contributed by atoms with Crippen molar-refractivity contribution < 1.29 is 38.4 Å². The molecule has 0 aliphatic carbocycles. The molecule has 0 N–H and O–H groups in total. The van der Waals surface area contributed by atoms with Gasteiger partial charge in [0.25, 0.3) is 47.3 Å². The third kappa shape index (κ3) is 3.49. The summed E-state index contributed by atoms with van der Waals surface area (Å²) in [6.07, 6.45) is 0. The summed E-state index contributed by atoms with van der Waals surface area (Å²) >= 11 is 0. The normalized spacial score (nSPS) is 16.2. The number of anilines is 2. The van der Waals surface area contributed by atoms with Crippen LogP contribution in [0.5, 0.6) is 0 Å². The average molecular weight is 683 g/mol. The lowest BCUT2D eigenvalue weighted by atomic mass is 9.85. The molecule has 0 saturated carbocycles. The number of hydrogen-bond acceptors (Lipinski definition) is 8. The molecule has 0 fully saturated rings. The zero-order valence-electron chi connectivity index (χ0n) is 26.4. The minimum atomic E-state index is -1.02. The molecule has 6 aromatic rings. The van der Waals surface area contributed by atoms with Gasteiger partial charge >= 0.3 is 0 Å². The fraction of sp³-hybridized carbons (Fsp3) is 0. The molecule has 0 saturated heterocycles. The smallest absolute Gasteiger partial charge is 0.268 e. The number of imide groups is 4. The predicted octanol–water partition coefficient (Wildman–Crippen LogP) is 5.40. The Balaban J connectivity index is 1.08. The van der Waals surface area contributed by atoms with Gasteiger partial charge in [-0.05, 0) is 72.8 Å². The summed E-state index contributed by atoms with van der Waals surface area (Å²) in [4.78, 5) is 114. The van der Waals surface area contributed by atoms with E-state index in [1.54, 1.807) is 60.7 Å². The molecule has 0 atom stereocenters. The second kappa shape index (κ2) is 9.98.